The number of hydrogen-bond donors (Lipinski definition) is 1. The number of aryl methyl sites for hydroxylation is 1. The van der Waals surface area contributed by atoms with Crippen molar-refractivity contribution in [2.45, 2.75) is 31.1 Å². The third-order valence-corrected chi connectivity index (χ3v) is 8.12. The number of benzene rings is 3. The molecule has 0 aliphatic carbocycles. The number of nitrogens with one attached hydrogen (secondary N) is 1. The fourth-order valence-electron chi connectivity index (χ4n) is 4.13. The van der Waals surface area contributed by atoms with E-state index in [0.717, 1.165) is 34.0 Å². The van der Waals surface area contributed by atoms with Gasteiger partial charge >= 0.3 is 29.6 Å². The molecule has 11 heteroatoms. The smallest absolute Gasteiger partial charge is 0.550 e. The number of nitrogens with zero attached hydrogens (tertiary/aromatic N) is 1. The molecule has 0 aliphatic heterocycles. The largest absolute Gasteiger partial charge is 1.00 e. The minimum atomic E-state index is -3.42. The summed E-state index contributed by atoms with van der Waals surface area (Å²) in [7, 11) is -3.42. The van der Waals surface area contributed by atoms with Crippen molar-refractivity contribution in [2.24, 2.45) is 0 Å². The Morgan fingerprint density at radius 2 is 1.85 bits per heavy atom. The average Bonchev–Trinajstić information content (AvgIpc) is 2.89. The zero-order valence-electron chi connectivity index (χ0n) is 22.3. The molecule has 0 amide bonds. The number of hydrogen-bond acceptors (Lipinski definition) is 7. The number of ether oxygens (including phenoxy) is 1. The van der Waals surface area contributed by atoms with Crippen molar-refractivity contribution in [2.75, 3.05) is 16.7 Å². The van der Waals surface area contributed by atoms with Gasteiger partial charge in [0.05, 0.1) is 23.2 Å². The Balaban J connectivity index is 0.00000441. The van der Waals surface area contributed by atoms with Gasteiger partial charge in [-0.3, -0.25) is 4.72 Å². The predicted molar refractivity (Wildman–Crippen MR) is 156 cm³/mol. The monoisotopic (exact) mass is 606 g/mol. The summed E-state index contributed by atoms with van der Waals surface area (Å²) in [6.07, 6.45) is 2.32. The first-order valence-electron chi connectivity index (χ1n) is 12.3. The number of carbonyl (C=O) groups is 1. The molecular formula is C29H28ClN2NaO5S2. The maximum Gasteiger partial charge on any atom is 1.00 e. The molecule has 0 saturated carbocycles. The first-order valence-corrected chi connectivity index (χ1v) is 15.6. The molecule has 1 atom stereocenters. The zero-order valence-corrected chi connectivity index (χ0v) is 26.7. The summed E-state index contributed by atoms with van der Waals surface area (Å²) in [5.74, 6) is -0.0272. The molecule has 4 rings (SSSR count). The van der Waals surface area contributed by atoms with Crippen LogP contribution in [0.5, 0.6) is 5.75 Å². The minimum Gasteiger partial charge on any atom is -0.550 e. The van der Waals surface area contributed by atoms with E-state index in [1.807, 2.05) is 66.7 Å². The normalized spacial score (nSPS) is 11.9. The van der Waals surface area contributed by atoms with Gasteiger partial charge in [0.25, 0.3) is 0 Å². The fourth-order valence-corrected chi connectivity index (χ4v) is 6.09. The van der Waals surface area contributed by atoms with E-state index in [9.17, 15) is 18.3 Å². The number of carboxylic acids is 1. The molecule has 0 aliphatic rings. The third-order valence-electron chi connectivity index (χ3n) is 5.94. The van der Waals surface area contributed by atoms with Crippen LogP contribution in [0.3, 0.4) is 0 Å². The minimum absolute atomic E-state index is 0. The number of anilines is 1. The molecule has 1 N–H and O–H groups in total. The summed E-state index contributed by atoms with van der Waals surface area (Å²) in [5, 5.41) is 12.6. The maximum absolute atomic E-state index is 11.8. The Morgan fingerprint density at radius 3 is 2.62 bits per heavy atom. The quantitative estimate of drug-likeness (QED) is 0.233. The molecule has 1 unspecified atom stereocenters. The van der Waals surface area contributed by atoms with Crippen LogP contribution in [0.4, 0.5) is 5.69 Å². The fraction of sp³-hybridized carbons (Fsp3) is 0.241. The van der Waals surface area contributed by atoms with Crippen LogP contribution in [0.15, 0.2) is 78.9 Å². The molecule has 7 nitrogen and oxygen atoms in total. The van der Waals surface area contributed by atoms with E-state index in [0.29, 0.717) is 35.1 Å². The van der Waals surface area contributed by atoms with Crippen LogP contribution in [0, 0.1) is 0 Å². The Labute approximate surface area is 266 Å². The molecule has 1 heterocycles. The Morgan fingerprint density at radius 1 is 1.07 bits per heavy atom. The Hall–Kier alpha value is -2.27. The molecule has 40 heavy (non-hydrogen) atoms. The first kappa shape index (κ1) is 32.2. The van der Waals surface area contributed by atoms with E-state index in [1.54, 1.807) is 12.1 Å². The second-order valence-electron chi connectivity index (χ2n) is 9.05. The SMILES string of the molecule is CS(=O)(=O)Nc1ccccc1CCC(SCCC(=O)[O-])c1cccc(OCc2ccc3ccc(Cl)cc3n2)c1.[Na+]. The topological polar surface area (TPSA) is 108 Å². The van der Waals surface area contributed by atoms with Gasteiger partial charge in [-0.25, -0.2) is 13.4 Å². The number of pyridine rings is 1. The van der Waals surface area contributed by atoms with Crippen molar-refractivity contribution in [1.29, 1.82) is 0 Å². The van der Waals surface area contributed by atoms with E-state index in [4.69, 9.17) is 16.3 Å². The standard InChI is InChI=1S/C29H29ClN2O5S2.Na/c1-39(35,36)32-26-8-3-2-5-20(26)11-14-28(38-16-15-29(33)34)22-6-4-7-25(17-22)37-19-24-13-10-21-9-12-23(30)18-27(21)31-24;/h2-10,12-13,17-18,28,32H,11,14-16,19H2,1H3,(H,33,34);/q;+1/p-1. The Bertz CT molecular complexity index is 1570. The number of rotatable bonds is 13. The average molecular weight is 607 g/mol. The van der Waals surface area contributed by atoms with Gasteiger partial charge in [0, 0.05) is 21.6 Å². The number of halogens is 1. The van der Waals surface area contributed by atoms with Crippen LogP contribution in [-0.2, 0) is 27.8 Å². The van der Waals surface area contributed by atoms with E-state index in [-0.39, 0.29) is 47.8 Å². The molecule has 0 radical (unpaired) electrons. The van der Waals surface area contributed by atoms with Crippen LogP contribution in [0.1, 0.15) is 34.9 Å². The van der Waals surface area contributed by atoms with Crippen LogP contribution in [-0.4, -0.2) is 31.4 Å². The molecule has 0 saturated heterocycles. The maximum atomic E-state index is 11.8. The van der Waals surface area contributed by atoms with Crippen molar-refractivity contribution in [3.8, 4) is 5.75 Å². The van der Waals surface area contributed by atoms with Crippen LogP contribution in [0.2, 0.25) is 5.02 Å². The molecule has 1 aromatic heterocycles. The number of aromatic nitrogens is 1. The van der Waals surface area contributed by atoms with Gasteiger partial charge in [-0.15, -0.1) is 0 Å². The molecular weight excluding hydrogens is 579 g/mol. The number of carboxylic acid groups (broad SMARTS) is 1. The van der Waals surface area contributed by atoms with Crippen molar-refractivity contribution >= 4 is 55.9 Å². The number of sulfonamides is 1. The number of fused-ring (bicyclic) bond motifs is 1. The van der Waals surface area contributed by atoms with Crippen molar-refractivity contribution in [3.63, 3.8) is 0 Å². The molecule has 4 aromatic rings. The van der Waals surface area contributed by atoms with Gasteiger partial charge in [0.2, 0.25) is 10.0 Å². The van der Waals surface area contributed by atoms with E-state index in [1.165, 1.54) is 11.8 Å². The number of para-hydroxylation sites is 1. The zero-order chi connectivity index (χ0) is 27.8. The molecule has 0 fully saturated rings. The van der Waals surface area contributed by atoms with Crippen molar-refractivity contribution in [1.82, 2.24) is 4.98 Å². The second kappa shape index (κ2) is 15.1. The first-order chi connectivity index (χ1) is 18.7. The van der Waals surface area contributed by atoms with Gasteiger partial charge in [0.15, 0.2) is 0 Å². The van der Waals surface area contributed by atoms with Crippen LogP contribution < -0.4 is 44.1 Å². The number of aliphatic carboxylic acids is 1. The third kappa shape index (κ3) is 9.98. The Kier molecular flexibility index (Phi) is 12.2. The summed E-state index contributed by atoms with van der Waals surface area (Å²) in [6.45, 7) is 0.277. The summed E-state index contributed by atoms with van der Waals surface area (Å²) in [6, 6.07) is 24.5. The van der Waals surface area contributed by atoms with Gasteiger partial charge in [-0.2, -0.15) is 11.8 Å². The van der Waals surface area contributed by atoms with E-state index in [2.05, 4.69) is 9.71 Å². The van der Waals surface area contributed by atoms with Gasteiger partial charge in [-0.05, 0) is 72.5 Å². The molecule has 204 valence electrons. The van der Waals surface area contributed by atoms with Gasteiger partial charge in [0.1, 0.15) is 12.4 Å². The van der Waals surface area contributed by atoms with Gasteiger partial charge < -0.3 is 14.6 Å². The molecule has 0 bridgehead atoms. The van der Waals surface area contributed by atoms with Crippen LogP contribution in [0.25, 0.3) is 10.9 Å². The van der Waals surface area contributed by atoms with E-state index < -0.39 is 16.0 Å². The summed E-state index contributed by atoms with van der Waals surface area (Å²) < 4.78 is 32.2. The van der Waals surface area contributed by atoms with Crippen molar-refractivity contribution in [3.05, 3.63) is 101 Å². The predicted octanol–water partition coefficient (Wildman–Crippen LogP) is 2.39. The summed E-state index contributed by atoms with van der Waals surface area (Å²) in [4.78, 5) is 15.7. The summed E-state index contributed by atoms with van der Waals surface area (Å²) >= 11 is 7.63. The van der Waals surface area contributed by atoms with Crippen molar-refractivity contribution < 1.29 is 52.6 Å². The van der Waals surface area contributed by atoms with E-state index >= 15 is 0 Å². The number of carbonyl (C=O) groups excluding carboxylic acids is 1. The summed E-state index contributed by atoms with van der Waals surface area (Å²) in [5.41, 5.74) is 3.96. The second-order valence-corrected chi connectivity index (χ2v) is 12.5. The molecule has 3 aromatic carbocycles. The molecule has 0 spiro atoms. The number of thioether (sulfide) groups is 1. The van der Waals surface area contributed by atoms with Gasteiger partial charge in [-0.1, -0.05) is 54.1 Å². The van der Waals surface area contributed by atoms with Crippen LogP contribution >= 0.6 is 23.4 Å².